The van der Waals surface area contributed by atoms with Crippen LogP contribution >= 0.6 is 0 Å². The van der Waals surface area contributed by atoms with Gasteiger partial charge in [0.2, 0.25) is 10.0 Å². The summed E-state index contributed by atoms with van der Waals surface area (Å²) in [4.78, 5) is 12.6. The molecule has 4 aliphatic rings. The molecule has 0 aromatic heterocycles. The van der Waals surface area contributed by atoms with Crippen molar-refractivity contribution in [2.24, 2.45) is 51.5 Å². The molecule has 39 heavy (non-hydrogen) atoms. The molecule has 10 atom stereocenters. The van der Waals surface area contributed by atoms with E-state index in [-0.39, 0.29) is 40.5 Å². The van der Waals surface area contributed by atoms with Crippen LogP contribution in [0.4, 0.5) is 0 Å². The van der Waals surface area contributed by atoms with Crippen LogP contribution in [-0.4, -0.2) is 36.8 Å². The highest BCUT2D eigenvalue weighted by Gasteiger charge is 2.63. The molecule has 8 heteroatoms. The van der Waals surface area contributed by atoms with Crippen molar-refractivity contribution in [3.8, 4) is 0 Å². The van der Waals surface area contributed by atoms with Crippen molar-refractivity contribution < 1.29 is 28.2 Å². The molecule has 4 aliphatic carbocycles. The van der Waals surface area contributed by atoms with E-state index in [0.29, 0.717) is 47.5 Å². The molecule has 4 N–H and O–H groups in total. The molecule has 0 radical (unpaired) electrons. The second-order valence-electron chi connectivity index (χ2n) is 13.8. The first-order chi connectivity index (χ1) is 18.3. The van der Waals surface area contributed by atoms with E-state index in [4.69, 9.17) is 9.88 Å². The van der Waals surface area contributed by atoms with Crippen LogP contribution in [0.5, 0.6) is 0 Å². The topological polar surface area (TPSA) is 127 Å². The summed E-state index contributed by atoms with van der Waals surface area (Å²) < 4.78 is 28.3. The lowest BCUT2D eigenvalue weighted by molar-refractivity contribution is -0.175. The Bertz CT molecular complexity index is 1150. The van der Waals surface area contributed by atoms with Crippen LogP contribution in [-0.2, 0) is 26.2 Å². The molecule has 5 rings (SSSR count). The molecule has 0 spiro atoms. The molecule has 0 unspecified atom stereocenters. The number of nitrogens with two attached hydrogens (primary N) is 1. The van der Waals surface area contributed by atoms with Gasteiger partial charge in [0.1, 0.15) is 6.61 Å². The molecule has 0 amide bonds. The number of sulfonamides is 1. The maximum absolute atomic E-state index is 12.6. The van der Waals surface area contributed by atoms with Gasteiger partial charge in [-0.25, -0.2) is 13.6 Å². The van der Waals surface area contributed by atoms with Gasteiger partial charge in [-0.15, -0.1) is 0 Å². The summed E-state index contributed by atoms with van der Waals surface area (Å²) in [5.74, 6) is 2.73. The summed E-state index contributed by atoms with van der Waals surface area (Å²) in [5.41, 5.74) is 0.828. The lowest BCUT2D eigenvalue weighted by Crippen LogP contribution is -2.58. The molecular weight excluding hydrogens is 514 g/mol. The van der Waals surface area contributed by atoms with Crippen molar-refractivity contribution in [1.29, 1.82) is 0 Å². The second kappa shape index (κ2) is 10.7. The fraction of sp³-hybridized carbons (Fsp3) is 0.774. The molecule has 4 saturated carbocycles. The summed E-state index contributed by atoms with van der Waals surface area (Å²) in [6.07, 6.45) is 9.03. The van der Waals surface area contributed by atoms with E-state index >= 15 is 0 Å². The highest BCUT2D eigenvalue weighted by Crippen LogP contribution is 2.68. The Balaban J connectivity index is 1.18. The van der Waals surface area contributed by atoms with E-state index in [0.717, 1.165) is 44.9 Å². The number of hydrogen-bond acceptors (Lipinski definition) is 6. The zero-order valence-corrected chi connectivity index (χ0v) is 24.5. The van der Waals surface area contributed by atoms with E-state index in [1.54, 1.807) is 12.1 Å². The quantitative estimate of drug-likeness (QED) is 0.411. The number of esters is 1. The van der Waals surface area contributed by atoms with Crippen molar-refractivity contribution in [2.75, 3.05) is 0 Å². The number of carbonyl (C=O) groups is 1. The average molecular weight is 562 g/mol. The van der Waals surface area contributed by atoms with Gasteiger partial charge < -0.3 is 14.9 Å². The van der Waals surface area contributed by atoms with E-state index < -0.39 is 10.0 Å². The summed E-state index contributed by atoms with van der Waals surface area (Å²) in [6.45, 7) is 7.11. The Labute approximate surface area is 233 Å². The lowest BCUT2D eigenvalue weighted by atomic mass is 9.43. The first kappa shape index (κ1) is 29.0. The van der Waals surface area contributed by atoms with Gasteiger partial charge in [0.25, 0.3) is 0 Å². The molecule has 0 saturated heterocycles. The molecule has 218 valence electrons. The second-order valence-corrected chi connectivity index (χ2v) is 15.3. The third-order valence-corrected chi connectivity index (χ3v) is 12.9. The van der Waals surface area contributed by atoms with Crippen LogP contribution in [0.3, 0.4) is 0 Å². The summed E-state index contributed by atoms with van der Waals surface area (Å²) >= 11 is 0. The fourth-order valence-electron chi connectivity index (χ4n) is 9.72. The van der Waals surface area contributed by atoms with Gasteiger partial charge in [-0.2, -0.15) is 0 Å². The minimum absolute atomic E-state index is 0.0330. The summed E-state index contributed by atoms with van der Waals surface area (Å²) in [6, 6.07) is 6.05. The monoisotopic (exact) mass is 561 g/mol. The minimum atomic E-state index is -3.75. The van der Waals surface area contributed by atoms with Crippen molar-refractivity contribution in [3.05, 3.63) is 29.8 Å². The van der Waals surface area contributed by atoms with E-state index in [9.17, 15) is 23.4 Å². The van der Waals surface area contributed by atoms with Crippen LogP contribution in [0.2, 0.25) is 0 Å². The Kier molecular flexibility index (Phi) is 7.99. The number of primary sulfonamides is 1. The third-order valence-electron chi connectivity index (χ3n) is 12.0. The highest BCUT2D eigenvalue weighted by atomic mass is 32.2. The van der Waals surface area contributed by atoms with Crippen LogP contribution < -0.4 is 5.14 Å². The van der Waals surface area contributed by atoms with E-state index in [1.165, 1.54) is 25.0 Å². The number of carbonyl (C=O) groups excluding carboxylic acids is 1. The van der Waals surface area contributed by atoms with Gasteiger partial charge in [0, 0.05) is 6.42 Å². The number of fused-ring (bicyclic) bond motifs is 5. The highest BCUT2D eigenvalue weighted by molar-refractivity contribution is 7.89. The zero-order chi connectivity index (χ0) is 28.2. The van der Waals surface area contributed by atoms with Crippen molar-refractivity contribution in [2.45, 2.75) is 109 Å². The Morgan fingerprint density at radius 1 is 1.05 bits per heavy atom. The van der Waals surface area contributed by atoms with E-state index in [2.05, 4.69) is 20.8 Å². The van der Waals surface area contributed by atoms with Crippen LogP contribution in [0, 0.1) is 46.3 Å². The Morgan fingerprint density at radius 2 is 1.77 bits per heavy atom. The average Bonchev–Trinajstić information content (AvgIpc) is 3.25. The molecule has 0 heterocycles. The van der Waals surface area contributed by atoms with Crippen molar-refractivity contribution >= 4 is 16.0 Å². The van der Waals surface area contributed by atoms with Crippen LogP contribution in [0.25, 0.3) is 0 Å². The van der Waals surface area contributed by atoms with Gasteiger partial charge in [0.15, 0.2) is 0 Å². The maximum atomic E-state index is 12.6. The Morgan fingerprint density at radius 3 is 2.46 bits per heavy atom. The van der Waals surface area contributed by atoms with Gasteiger partial charge in [-0.05, 0) is 122 Å². The SMILES string of the molecule is C[C@H](CCC(=O)OCc1ccc(S(N)(=O)=O)cc1)[C@H]1CC[C@H]2[C@@H]3CC[C@@H]4C[C@H](O)CC[C@]4(C)[C@H]3C[C@H](O)[C@]12C. The van der Waals surface area contributed by atoms with Gasteiger partial charge in [-0.3, -0.25) is 4.79 Å². The number of benzene rings is 1. The normalized spacial score (nSPS) is 40.7. The van der Waals surface area contributed by atoms with Gasteiger partial charge in [-0.1, -0.05) is 32.9 Å². The maximum Gasteiger partial charge on any atom is 0.306 e. The van der Waals surface area contributed by atoms with E-state index in [1.807, 2.05) is 0 Å². The fourth-order valence-corrected chi connectivity index (χ4v) is 10.2. The number of hydrogen-bond donors (Lipinski definition) is 3. The minimum Gasteiger partial charge on any atom is -0.461 e. The zero-order valence-electron chi connectivity index (χ0n) is 23.7. The predicted molar refractivity (Wildman–Crippen MR) is 149 cm³/mol. The summed E-state index contributed by atoms with van der Waals surface area (Å²) in [5, 5.41) is 27.2. The van der Waals surface area contributed by atoms with Gasteiger partial charge >= 0.3 is 5.97 Å². The number of aliphatic hydroxyl groups is 2. The smallest absolute Gasteiger partial charge is 0.306 e. The molecule has 4 fully saturated rings. The van der Waals surface area contributed by atoms with Crippen molar-refractivity contribution in [1.82, 2.24) is 0 Å². The van der Waals surface area contributed by atoms with Gasteiger partial charge in [0.05, 0.1) is 17.1 Å². The lowest BCUT2D eigenvalue weighted by Gasteiger charge is -2.62. The first-order valence-corrected chi connectivity index (χ1v) is 16.5. The van der Waals surface area contributed by atoms with Crippen LogP contribution in [0.15, 0.2) is 29.2 Å². The number of ether oxygens (including phenoxy) is 1. The first-order valence-electron chi connectivity index (χ1n) is 15.0. The standard InChI is InChI=1S/C31H47NO6S/c1-19(4-13-29(35)38-18-20-5-8-23(9-6-20)39(32,36)37)25-11-12-26-24-10-7-21-16-22(33)14-15-30(21,2)27(24)17-28(34)31(25,26)3/h5-6,8-9,19,21-22,24-28,33-34H,4,7,10-18H2,1-3H3,(H2,32,36,37)/t19-,21-,22-,24+,25-,26+,27+,28+,30+,31-/m1/s1. The molecule has 0 bridgehead atoms. The molecule has 7 nitrogen and oxygen atoms in total. The number of aliphatic hydroxyl groups excluding tert-OH is 2. The molecule has 0 aliphatic heterocycles. The third kappa shape index (κ3) is 5.31. The molecular formula is C31H47NO6S. The largest absolute Gasteiger partial charge is 0.461 e. The Hall–Kier alpha value is -1.48. The van der Waals surface area contributed by atoms with Crippen LogP contribution in [0.1, 0.15) is 90.5 Å². The summed E-state index contributed by atoms with van der Waals surface area (Å²) in [7, 11) is -3.75. The van der Waals surface area contributed by atoms with Crippen molar-refractivity contribution in [3.63, 3.8) is 0 Å². The number of rotatable bonds is 7. The molecule has 1 aromatic carbocycles. The molecule has 1 aromatic rings. The predicted octanol–water partition coefficient (Wildman–Crippen LogP) is 4.78.